The third-order valence-corrected chi connectivity index (χ3v) is 12.6. The molecule has 0 spiro atoms. The molecule has 3 saturated heterocycles. The van der Waals surface area contributed by atoms with Gasteiger partial charge in [-0.2, -0.15) is 4.98 Å². The zero-order valence-electron chi connectivity index (χ0n) is 33.3. The number of anilines is 3. The van der Waals surface area contributed by atoms with Gasteiger partial charge in [0.15, 0.2) is 0 Å². The number of pyridine rings is 1. The number of amides is 5. The van der Waals surface area contributed by atoms with E-state index in [1.54, 1.807) is 25.2 Å². The number of carbonyl (C=O) groups is 5. The fourth-order valence-corrected chi connectivity index (χ4v) is 9.43. The van der Waals surface area contributed by atoms with Gasteiger partial charge in [0.2, 0.25) is 17.8 Å². The van der Waals surface area contributed by atoms with Crippen LogP contribution >= 0.6 is 0 Å². The molecule has 9 rings (SSSR count). The Morgan fingerprint density at radius 2 is 1.59 bits per heavy atom. The fourth-order valence-electron chi connectivity index (χ4n) is 9.43. The van der Waals surface area contributed by atoms with Gasteiger partial charge in [-0.25, -0.2) is 14.4 Å². The third-order valence-electron chi connectivity index (χ3n) is 12.6. The van der Waals surface area contributed by atoms with Crippen LogP contribution in [-0.2, 0) is 16.1 Å². The first-order valence-corrected chi connectivity index (χ1v) is 20.6. The summed E-state index contributed by atoms with van der Waals surface area (Å²) in [7, 11) is 3.54. The molecule has 1 aliphatic carbocycles. The maximum Gasteiger partial charge on any atom is 0.270 e. The Balaban J connectivity index is 0.773. The topological polar surface area (TPSA) is 169 Å². The van der Waals surface area contributed by atoms with Crippen LogP contribution in [-0.4, -0.2) is 134 Å². The lowest BCUT2D eigenvalue weighted by Gasteiger charge is -2.43. The van der Waals surface area contributed by atoms with Crippen LogP contribution in [0.15, 0.2) is 42.7 Å². The number of hydrogen-bond acceptors (Lipinski definition) is 12. The number of hydrogen-bond donors (Lipinski definition) is 2. The van der Waals surface area contributed by atoms with Gasteiger partial charge in [-0.1, -0.05) is 12.8 Å². The molecule has 308 valence electrons. The molecular formula is C42H48FN11O5. The quantitative estimate of drug-likeness (QED) is 0.236. The third kappa shape index (κ3) is 7.41. The zero-order chi connectivity index (χ0) is 40.9. The Morgan fingerprint density at radius 1 is 0.864 bits per heavy atom. The second-order valence-electron chi connectivity index (χ2n) is 16.5. The largest absolute Gasteiger partial charge is 0.370 e. The van der Waals surface area contributed by atoms with Gasteiger partial charge >= 0.3 is 0 Å². The van der Waals surface area contributed by atoms with Gasteiger partial charge in [-0.3, -0.25) is 44.0 Å². The van der Waals surface area contributed by atoms with Crippen molar-refractivity contribution in [2.45, 2.75) is 76.0 Å². The van der Waals surface area contributed by atoms with Crippen molar-refractivity contribution < 1.29 is 28.4 Å². The molecule has 4 fully saturated rings. The molecule has 17 heteroatoms. The first-order chi connectivity index (χ1) is 28.5. The molecule has 1 unspecified atom stereocenters. The van der Waals surface area contributed by atoms with Crippen LogP contribution in [0.4, 0.5) is 21.8 Å². The first kappa shape index (κ1) is 38.7. The summed E-state index contributed by atoms with van der Waals surface area (Å²) in [6, 6.07) is 8.04. The van der Waals surface area contributed by atoms with Gasteiger partial charge in [0, 0.05) is 95.6 Å². The lowest BCUT2D eigenvalue weighted by atomic mass is 10.0. The number of piperidine rings is 2. The summed E-state index contributed by atoms with van der Waals surface area (Å²) < 4.78 is 17.4. The van der Waals surface area contributed by atoms with Crippen molar-refractivity contribution in [3.8, 4) is 0 Å². The Labute approximate surface area is 340 Å². The Bertz CT molecular complexity index is 2330. The molecule has 1 saturated carbocycles. The van der Waals surface area contributed by atoms with Crippen LogP contribution in [0.2, 0.25) is 0 Å². The van der Waals surface area contributed by atoms with E-state index in [-0.39, 0.29) is 35.9 Å². The van der Waals surface area contributed by atoms with Crippen molar-refractivity contribution in [1.82, 2.24) is 44.4 Å². The highest BCUT2D eigenvalue weighted by Gasteiger charge is 2.45. The van der Waals surface area contributed by atoms with E-state index < -0.39 is 35.5 Å². The van der Waals surface area contributed by atoms with Gasteiger partial charge in [-0.05, 0) is 62.4 Å². The van der Waals surface area contributed by atoms with E-state index in [4.69, 9.17) is 9.97 Å². The van der Waals surface area contributed by atoms with E-state index in [2.05, 4.69) is 41.0 Å². The number of carbonyl (C=O) groups excluding carboxylic acids is 5. The summed E-state index contributed by atoms with van der Waals surface area (Å²) in [5.74, 6) is -2.02. The van der Waals surface area contributed by atoms with Gasteiger partial charge in [0.1, 0.15) is 29.0 Å². The number of rotatable bonds is 9. The summed E-state index contributed by atoms with van der Waals surface area (Å²) in [6.07, 6.45) is 10.0. The molecule has 1 atom stereocenters. The highest BCUT2D eigenvalue weighted by atomic mass is 19.1. The van der Waals surface area contributed by atoms with Crippen molar-refractivity contribution >= 4 is 58.0 Å². The molecular weight excluding hydrogens is 758 g/mol. The predicted octanol–water partition coefficient (Wildman–Crippen LogP) is 3.71. The molecule has 16 nitrogen and oxygen atoms in total. The average molecular weight is 806 g/mol. The van der Waals surface area contributed by atoms with E-state index in [1.165, 1.54) is 6.07 Å². The van der Waals surface area contributed by atoms with Crippen molar-refractivity contribution in [3.05, 3.63) is 70.9 Å². The highest BCUT2D eigenvalue weighted by molar-refractivity contribution is 6.23. The van der Waals surface area contributed by atoms with E-state index in [0.29, 0.717) is 35.6 Å². The summed E-state index contributed by atoms with van der Waals surface area (Å²) in [4.78, 5) is 87.1. The van der Waals surface area contributed by atoms with Crippen LogP contribution in [0, 0.1) is 5.82 Å². The summed E-state index contributed by atoms with van der Waals surface area (Å²) in [5.41, 5.74) is 2.82. The molecule has 59 heavy (non-hydrogen) atoms. The Hall–Kier alpha value is -5.81. The minimum absolute atomic E-state index is 0.0227. The Kier molecular flexibility index (Phi) is 10.3. The molecule has 4 aliphatic heterocycles. The van der Waals surface area contributed by atoms with Crippen LogP contribution < -0.4 is 15.5 Å². The van der Waals surface area contributed by atoms with Crippen molar-refractivity contribution in [3.63, 3.8) is 0 Å². The molecule has 0 radical (unpaired) electrons. The van der Waals surface area contributed by atoms with Crippen LogP contribution in [0.25, 0.3) is 11.0 Å². The molecule has 3 aromatic heterocycles. The monoisotopic (exact) mass is 805 g/mol. The molecule has 7 heterocycles. The maximum absolute atomic E-state index is 15.3. The van der Waals surface area contributed by atoms with E-state index in [1.807, 2.05) is 18.3 Å². The van der Waals surface area contributed by atoms with Crippen LogP contribution in [0.3, 0.4) is 0 Å². The minimum atomic E-state index is -1.09. The molecule has 0 bridgehead atoms. The van der Waals surface area contributed by atoms with E-state index in [9.17, 15) is 24.0 Å². The number of nitrogens with zero attached hydrogens (tertiary/aromatic N) is 9. The van der Waals surface area contributed by atoms with Crippen LogP contribution in [0.1, 0.15) is 94.2 Å². The number of nitrogens with one attached hydrogen (secondary N) is 2. The van der Waals surface area contributed by atoms with Crippen molar-refractivity contribution in [1.29, 1.82) is 0 Å². The average Bonchev–Trinajstić information content (AvgIpc) is 3.96. The van der Waals surface area contributed by atoms with Crippen molar-refractivity contribution in [2.24, 2.45) is 0 Å². The second-order valence-corrected chi connectivity index (χ2v) is 16.5. The maximum atomic E-state index is 15.3. The van der Waals surface area contributed by atoms with E-state index >= 15 is 4.39 Å². The number of fused-ring (bicyclic) bond motifs is 2. The second kappa shape index (κ2) is 15.7. The first-order valence-electron chi connectivity index (χ1n) is 20.6. The molecule has 5 aliphatic rings. The highest BCUT2D eigenvalue weighted by Crippen LogP contribution is 2.35. The number of imide groups is 2. The molecule has 2 N–H and O–H groups in total. The van der Waals surface area contributed by atoms with Gasteiger partial charge in [0.05, 0.1) is 23.0 Å². The SMILES string of the molecule is CN(C)C(=O)c1cc2cnc(Nc3ccc(N4CCC(N5CCN(Cc6cc7c(cc6F)C(=O)N(C6CCC(=O)NC6=O)C7=O)CC5)CC4)cn3)nc2n1C1CCCC1. The van der Waals surface area contributed by atoms with Crippen LogP contribution in [0.5, 0.6) is 0 Å². The normalized spacial score (nSPS) is 21.1. The Morgan fingerprint density at radius 3 is 2.27 bits per heavy atom. The van der Waals surface area contributed by atoms with E-state index in [0.717, 1.165) is 105 Å². The molecule has 5 amide bonds. The summed E-state index contributed by atoms with van der Waals surface area (Å²) in [5, 5.41) is 6.29. The number of aromatic nitrogens is 4. The zero-order valence-corrected chi connectivity index (χ0v) is 33.3. The number of halogens is 1. The molecule has 4 aromatic rings. The fraction of sp³-hybridized carbons (Fsp3) is 0.476. The van der Waals surface area contributed by atoms with Gasteiger partial charge in [0.25, 0.3) is 17.7 Å². The smallest absolute Gasteiger partial charge is 0.270 e. The minimum Gasteiger partial charge on any atom is -0.370 e. The lowest BCUT2D eigenvalue weighted by Crippen LogP contribution is -2.54. The standard InChI is InChI=1S/C42H48FN11O5/c1-49(2)41(59)34-20-25-22-45-42(48-37(25)53(34)28-5-3-4-6-28)46-35-9-7-29(23-44-35)51-13-11-27(12-14-51)52-17-15-50(16-18-52)24-26-19-30-31(21-32(26)43)40(58)54(39(30)57)33-8-10-36(55)47-38(33)56/h7,9,19-23,27-28,33H,3-6,8,10-18,24H2,1-2H3,(H,47,55,56)(H,44,45,46,48). The lowest BCUT2D eigenvalue weighted by molar-refractivity contribution is -0.136. The van der Waals surface area contributed by atoms with Crippen molar-refractivity contribution in [2.75, 3.05) is 63.6 Å². The predicted molar refractivity (Wildman–Crippen MR) is 216 cm³/mol. The molecule has 1 aromatic carbocycles. The number of piperazine rings is 1. The van der Waals surface area contributed by atoms with Gasteiger partial charge < -0.3 is 19.7 Å². The van der Waals surface area contributed by atoms with Gasteiger partial charge in [-0.15, -0.1) is 0 Å². The summed E-state index contributed by atoms with van der Waals surface area (Å²) in [6.45, 7) is 5.25. The summed E-state index contributed by atoms with van der Waals surface area (Å²) >= 11 is 0. The number of benzene rings is 1.